The van der Waals surface area contributed by atoms with Crippen LogP contribution in [-0.2, 0) is 35.4 Å². The molecule has 2 aliphatic heterocycles. The second-order valence-electron chi connectivity index (χ2n) is 9.20. The normalized spacial score (nSPS) is 18.6. The minimum absolute atomic E-state index is 0.166. The molecule has 4 rings (SSSR count). The SMILES string of the molecule is CON=C(Cn1nnnc1SCC1=CN2C(=O)C(NC(=O)C(=NOC(C)C)c3csc(NC(=O)C(F)(F)F)n3)[C@H]2SC1)C(=O)O. The highest BCUT2D eigenvalue weighted by atomic mass is 32.2. The van der Waals surface area contributed by atoms with E-state index in [4.69, 9.17) is 4.84 Å². The minimum atomic E-state index is -5.13. The summed E-state index contributed by atoms with van der Waals surface area (Å²) in [5, 5.41) is 32.6. The largest absolute Gasteiger partial charge is 0.477 e. The van der Waals surface area contributed by atoms with E-state index in [0.717, 1.165) is 5.57 Å². The molecular weight excluding hydrogens is 670 g/mol. The van der Waals surface area contributed by atoms with E-state index in [1.165, 1.54) is 45.6 Å². The number of carboxylic acids is 1. The van der Waals surface area contributed by atoms with E-state index < -0.39 is 58.2 Å². The minimum Gasteiger partial charge on any atom is -0.477 e. The Hall–Kier alpha value is -4.25. The van der Waals surface area contributed by atoms with Crippen LogP contribution in [0.15, 0.2) is 32.6 Å². The van der Waals surface area contributed by atoms with Crippen molar-refractivity contribution in [3.8, 4) is 0 Å². The number of aromatic nitrogens is 5. The van der Waals surface area contributed by atoms with Gasteiger partial charge in [0.1, 0.15) is 30.3 Å². The molecule has 3 N–H and O–H groups in total. The summed E-state index contributed by atoms with van der Waals surface area (Å²) in [5.41, 5.74) is -0.0393. The van der Waals surface area contributed by atoms with E-state index in [-0.39, 0.29) is 18.0 Å². The number of alkyl halides is 3. The van der Waals surface area contributed by atoms with Crippen molar-refractivity contribution in [2.75, 3.05) is 23.9 Å². The predicted molar refractivity (Wildman–Crippen MR) is 153 cm³/mol. The molecule has 0 aromatic carbocycles. The third kappa shape index (κ3) is 8.27. The molecule has 1 saturated heterocycles. The molecule has 0 radical (unpaired) electrons. The van der Waals surface area contributed by atoms with E-state index in [1.54, 1.807) is 25.4 Å². The summed E-state index contributed by atoms with van der Waals surface area (Å²) in [5.74, 6) is -3.96. The zero-order valence-corrected chi connectivity index (χ0v) is 25.8. The quantitative estimate of drug-likeness (QED) is 0.115. The van der Waals surface area contributed by atoms with Gasteiger partial charge in [0.25, 0.3) is 11.8 Å². The number of anilines is 1. The Morgan fingerprint density at radius 3 is 2.71 bits per heavy atom. The van der Waals surface area contributed by atoms with Gasteiger partial charge in [0, 0.05) is 23.1 Å². The van der Waals surface area contributed by atoms with Crippen molar-refractivity contribution in [1.29, 1.82) is 0 Å². The molecule has 0 saturated carbocycles. The number of aliphatic carboxylic acids is 1. The van der Waals surface area contributed by atoms with Gasteiger partial charge in [0.05, 0.1) is 6.54 Å². The molecule has 2 aromatic rings. The number of nitrogens with zero attached hydrogens (tertiary/aromatic N) is 8. The van der Waals surface area contributed by atoms with E-state index in [1.807, 2.05) is 0 Å². The van der Waals surface area contributed by atoms with Crippen LogP contribution in [0.4, 0.5) is 18.3 Å². The fourth-order valence-electron chi connectivity index (χ4n) is 3.56. The van der Waals surface area contributed by atoms with Crippen molar-refractivity contribution in [3.63, 3.8) is 0 Å². The molecule has 2 atom stereocenters. The molecule has 0 spiro atoms. The number of hydrogen-bond donors (Lipinski definition) is 3. The van der Waals surface area contributed by atoms with Crippen LogP contribution < -0.4 is 10.6 Å². The fourth-order valence-corrected chi connectivity index (χ4v) is 6.48. The smallest absolute Gasteiger partial charge is 0.471 e. The Morgan fingerprint density at radius 2 is 2.04 bits per heavy atom. The monoisotopic (exact) mass is 692 g/mol. The maximum atomic E-state index is 13.2. The lowest BCUT2D eigenvalue weighted by Gasteiger charge is -2.47. The summed E-state index contributed by atoms with van der Waals surface area (Å²) in [4.78, 5) is 63.7. The lowest BCUT2D eigenvalue weighted by Crippen LogP contribution is -2.69. The number of fused-ring (bicyclic) bond motifs is 1. The Kier molecular flexibility index (Phi) is 10.6. The average molecular weight is 693 g/mol. The van der Waals surface area contributed by atoms with Gasteiger partial charge in [-0.25, -0.2) is 14.5 Å². The number of halogens is 3. The van der Waals surface area contributed by atoms with Crippen LogP contribution in [0.3, 0.4) is 0 Å². The highest BCUT2D eigenvalue weighted by Gasteiger charge is 2.50. The number of oxime groups is 2. The van der Waals surface area contributed by atoms with E-state index in [2.05, 4.69) is 41.0 Å². The second kappa shape index (κ2) is 14.2. The van der Waals surface area contributed by atoms with Crippen LogP contribution in [0.2, 0.25) is 0 Å². The first-order valence-corrected chi connectivity index (χ1v) is 15.4. The maximum absolute atomic E-state index is 13.2. The summed E-state index contributed by atoms with van der Waals surface area (Å²) in [6, 6.07) is -0.943. The van der Waals surface area contributed by atoms with Gasteiger partial charge in [0.2, 0.25) is 5.16 Å². The number of tetrazole rings is 1. The van der Waals surface area contributed by atoms with Crippen LogP contribution in [0.25, 0.3) is 0 Å². The summed E-state index contributed by atoms with van der Waals surface area (Å²) in [7, 11) is 1.21. The van der Waals surface area contributed by atoms with Crippen LogP contribution >= 0.6 is 34.9 Å². The Morgan fingerprint density at radius 1 is 1.29 bits per heavy atom. The number of nitrogens with one attached hydrogen (secondary N) is 2. The van der Waals surface area contributed by atoms with Gasteiger partial charge < -0.3 is 25.0 Å². The summed E-state index contributed by atoms with van der Waals surface area (Å²) in [6.07, 6.45) is -3.95. The van der Waals surface area contributed by atoms with Crippen molar-refractivity contribution in [1.82, 2.24) is 35.4 Å². The van der Waals surface area contributed by atoms with E-state index >= 15 is 0 Å². The van der Waals surface area contributed by atoms with Gasteiger partial charge in [0.15, 0.2) is 16.6 Å². The van der Waals surface area contributed by atoms with Crippen LogP contribution in [-0.4, -0.2) is 113 Å². The number of thioether (sulfide) groups is 2. The average Bonchev–Trinajstić information content (AvgIpc) is 3.63. The van der Waals surface area contributed by atoms with E-state index in [0.29, 0.717) is 28.0 Å². The van der Waals surface area contributed by atoms with Gasteiger partial charge in [-0.3, -0.25) is 19.7 Å². The number of thiazole rings is 1. The molecule has 3 amide bonds. The predicted octanol–water partition coefficient (Wildman–Crippen LogP) is 0.923. The number of hydrogen-bond acceptors (Lipinski definition) is 15. The number of rotatable bonds is 13. The molecule has 45 heavy (non-hydrogen) atoms. The topological polar surface area (TPSA) is 215 Å². The first-order chi connectivity index (χ1) is 21.3. The third-order valence-corrected chi connectivity index (χ3v) is 8.76. The molecule has 2 aliphatic rings. The second-order valence-corrected chi connectivity index (χ2v) is 12.1. The Labute approximate surface area is 263 Å². The molecule has 4 heterocycles. The zero-order chi connectivity index (χ0) is 32.9. The molecule has 0 aliphatic carbocycles. The number of β-lactam (4-membered cyclic amide) rings is 1. The van der Waals surface area contributed by atoms with Crippen LogP contribution in [0.5, 0.6) is 0 Å². The highest BCUT2D eigenvalue weighted by molar-refractivity contribution is 8.01. The molecular formula is C22H23F3N10O7S3. The Bertz CT molecular complexity index is 1560. The molecule has 1 fully saturated rings. The van der Waals surface area contributed by atoms with Crippen molar-refractivity contribution in [2.45, 2.75) is 49.2 Å². The lowest BCUT2D eigenvalue weighted by atomic mass is 10.1. The van der Waals surface area contributed by atoms with Gasteiger partial charge in [-0.05, 0) is 29.8 Å². The Balaban J connectivity index is 1.38. The van der Waals surface area contributed by atoms with Crippen molar-refractivity contribution in [2.24, 2.45) is 10.3 Å². The van der Waals surface area contributed by atoms with Gasteiger partial charge in [-0.2, -0.15) is 13.2 Å². The van der Waals surface area contributed by atoms with Gasteiger partial charge in [-0.1, -0.05) is 22.1 Å². The van der Waals surface area contributed by atoms with Crippen LogP contribution in [0.1, 0.15) is 19.5 Å². The molecule has 242 valence electrons. The van der Waals surface area contributed by atoms with Crippen LogP contribution in [0, 0.1) is 0 Å². The molecule has 2 aromatic heterocycles. The number of carboxylic acid groups (broad SMARTS) is 1. The maximum Gasteiger partial charge on any atom is 0.471 e. The lowest BCUT2D eigenvalue weighted by molar-refractivity contribution is -0.167. The van der Waals surface area contributed by atoms with Crippen molar-refractivity contribution in [3.05, 3.63) is 22.8 Å². The van der Waals surface area contributed by atoms with E-state index in [9.17, 15) is 37.5 Å². The number of carbonyl (C=O) groups excluding carboxylic acids is 3. The first kappa shape index (κ1) is 33.6. The molecule has 0 bridgehead atoms. The third-order valence-electron chi connectivity index (χ3n) is 5.56. The number of carbonyl (C=O) groups is 4. The molecule has 23 heteroatoms. The first-order valence-electron chi connectivity index (χ1n) is 12.5. The van der Waals surface area contributed by atoms with Crippen molar-refractivity contribution >= 4 is 75.1 Å². The fraction of sp³-hybridized carbons (Fsp3) is 0.455. The summed E-state index contributed by atoms with van der Waals surface area (Å²) < 4.78 is 39.1. The van der Waals surface area contributed by atoms with Crippen molar-refractivity contribution < 1.29 is 47.1 Å². The van der Waals surface area contributed by atoms with Gasteiger partial charge in [-0.15, -0.1) is 28.2 Å². The van der Waals surface area contributed by atoms with Gasteiger partial charge >= 0.3 is 18.1 Å². The highest BCUT2D eigenvalue weighted by Crippen LogP contribution is 2.37. The summed E-state index contributed by atoms with van der Waals surface area (Å²) >= 11 is 3.23. The number of amides is 3. The molecule has 17 nitrogen and oxygen atoms in total. The summed E-state index contributed by atoms with van der Waals surface area (Å²) in [6.45, 7) is 3.03. The standard InChI is InChI=1S/C22H23F3N10O7S3/c1-9(2)42-31-13(12-8-44-20(26-12)28-19(40)22(23,24)25)15(36)27-14-16(37)34-4-10(6-43-17(14)34)7-45-21-29-32-33-35(21)5-11(18(38)39)30-41-3/h4,8-9,14,17H,5-7H2,1-3H3,(H,27,36)(H,38,39)(H,26,28,40)/t14?,17-/m1/s1. The molecule has 1 unspecified atom stereocenters. The zero-order valence-electron chi connectivity index (χ0n) is 23.3.